The van der Waals surface area contributed by atoms with Gasteiger partial charge in [-0.25, -0.2) is 8.78 Å². The molecular formula is C21H19F2N5O. The van der Waals surface area contributed by atoms with E-state index in [1.807, 2.05) is 18.2 Å². The zero-order chi connectivity index (χ0) is 20.4. The van der Waals surface area contributed by atoms with Gasteiger partial charge < -0.3 is 11.1 Å². The quantitative estimate of drug-likeness (QED) is 0.668. The Bertz CT molecular complexity index is 1020. The lowest BCUT2D eigenvalue weighted by Crippen LogP contribution is -2.48. The summed E-state index contributed by atoms with van der Waals surface area (Å²) in [7, 11) is 0. The Morgan fingerprint density at radius 1 is 1.14 bits per heavy atom. The topological polar surface area (TPSA) is 93.8 Å². The summed E-state index contributed by atoms with van der Waals surface area (Å²) >= 11 is 0. The summed E-state index contributed by atoms with van der Waals surface area (Å²) < 4.78 is 28.1. The van der Waals surface area contributed by atoms with Crippen LogP contribution in [0.25, 0.3) is 11.3 Å². The van der Waals surface area contributed by atoms with Crippen molar-refractivity contribution < 1.29 is 13.6 Å². The van der Waals surface area contributed by atoms with Crippen LogP contribution in [0.15, 0.2) is 54.7 Å². The number of primary amides is 1. The fourth-order valence-corrected chi connectivity index (χ4v) is 3.66. The van der Waals surface area contributed by atoms with Crippen molar-refractivity contribution in [1.29, 1.82) is 0 Å². The van der Waals surface area contributed by atoms with Crippen LogP contribution >= 0.6 is 0 Å². The molecule has 148 valence electrons. The number of carbonyl (C=O) groups is 1. The molecule has 1 aliphatic carbocycles. The zero-order valence-electron chi connectivity index (χ0n) is 15.5. The van der Waals surface area contributed by atoms with Gasteiger partial charge in [-0.15, -0.1) is 10.2 Å². The summed E-state index contributed by atoms with van der Waals surface area (Å²) in [5.74, 6) is -1.09. The molecule has 1 amide bonds. The highest BCUT2D eigenvalue weighted by Crippen LogP contribution is 2.44. The molecule has 1 aliphatic rings. The first-order chi connectivity index (χ1) is 14.0. The number of aromatic nitrogens is 3. The molecule has 3 aromatic rings. The fourth-order valence-electron chi connectivity index (χ4n) is 3.66. The van der Waals surface area contributed by atoms with Crippen LogP contribution < -0.4 is 11.1 Å². The molecule has 0 spiro atoms. The number of nitrogens with zero attached hydrogens (tertiary/aromatic N) is 3. The summed E-state index contributed by atoms with van der Waals surface area (Å²) in [6.07, 6.45) is 1.65. The second-order valence-electron chi connectivity index (χ2n) is 7.19. The lowest BCUT2D eigenvalue weighted by Gasteiger charge is -2.43. The second-order valence-corrected chi connectivity index (χ2v) is 7.19. The normalized spacial score (nSPS) is 20.7. The Kier molecular flexibility index (Phi) is 4.92. The van der Waals surface area contributed by atoms with Crippen molar-refractivity contribution in [3.63, 3.8) is 0 Å². The van der Waals surface area contributed by atoms with E-state index in [9.17, 15) is 13.6 Å². The average molecular weight is 395 g/mol. The smallest absolute Gasteiger partial charge is 0.251 e. The molecule has 0 atom stereocenters. The summed E-state index contributed by atoms with van der Waals surface area (Å²) in [6.45, 7) is 0.462. The highest BCUT2D eigenvalue weighted by molar-refractivity contribution is 5.94. The molecule has 0 bridgehead atoms. The highest BCUT2D eigenvalue weighted by atomic mass is 19.1. The van der Waals surface area contributed by atoms with Gasteiger partial charge in [0.05, 0.1) is 11.3 Å². The summed E-state index contributed by atoms with van der Waals surface area (Å²) in [5.41, 5.74) is 5.87. The van der Waals surface area contributed by atoms with Crippen LogP contribution in [-0.2, 0) is 5.41 Å². The van der Waals surface area contributed by atoms with E-state index < -0.39 is 17.9 Å². The molecule has 1 fully saturated rings. The Labute approximate surface area is 166 Å². The maximum atomic E-state index is 14.5. The third-order valence-corrected chi connectivity index (χ3v) is 5.25. The number of hydrogen-bond donors (Lipinski definition) is 2. The lowest BCUT2D eigenvalue weighted by atomic mass is 9.65. The number of nitrogens with one attached hydrogen (secondary N) is 1. The summed E-state index contributed by atoms with van der Waals surface area (Å²) in [4.78, 5) is 15.7. The predicted molar refractivity (Wildman–Crippen MR) is 104 cm³/mol. The van der Waals surface area contributed by atoms with Gasteiger partial charge in [-0.3, -0.25) is 9.78 Å². The summed E-state index contributed by atoms with van der Waals surface area (Å²) in [6, 6.07) is 13.2. The maximum Gasteiger partial charge on any atom is 0.251 e. The van der Waals surface area contributed by atoms with E-state index in [1.165, 1.54) is 18.2 Å². The van der Waals surface area contributed by atoms with Crippen molar-refractivity contribution in [3.8, 4) is 11.3 Å². The van der Waals surface area contributed by atoms with Crippen LogP contribution in [-0.4, -0.2) is 33.8 Å². The molecule has 2 aromatic heterocycles. The molecule has 1 aromatic carbocycles. The second kappa shape index (κ2) is 7.54. The van der Waals surface area contributed by atoms with E-state index in [-0.39, 0.29) is 22.2 Å². The minimum Gasteiger partial charge on any atom is -0.368 e. The van der Waals surface area contributed by atoms with Crippen LogP contribution in [0.3, 0.4) is 0 Å². The number of halogens is 2. The molecule has 0 unspecified atom stereocenters. The molecule has 0 aliphatic heterocycles. The average Bonchev–Trinajstić information content (AvgIpc) is 2.71. The third kappa shape index (κ3) is 3.65. The van der Waals surface area contributed by atoms with E-state index in [0.29, 0.717) is 25.2 Å². The van der Waals surface area contributed by atoms with Gasteiger partial charge >= 0.3 is 0 Å². The monoisotopic (exact) mass is 395 g/mol. The number of benzene rings is 1. The van der Waals surface area contributed by atoms with Gasteiger partial charge in [0.1, 0.15) is 17.8 Å². The molecule has 4 rings (SSSR count). The lowest BCUT2D eigenvalue weighted by molar-refractivity contribution is 0.0992. The van der Waals surface area contributed by atoms with E-state index in [0.717, 1.165) is 5.69 Å². The van der Waals surface area contributed by atoms with Gasteiger partial charge in [0.2, 0.25) is 0 Å². The molecule has 6 nitrogen and oxygen atoms in total. The fraction of sp³-hybridized carbons (Fsp3) is 0.238. The summed E-state index contributed by atoms with van der Waals surface area (Å²) in [5, 5.41) is 11.3. The molecule has 29 heavy (non-hydrogen) atoms. The van der Waals surface area contributed by atoms with Gasteiger partial charge in [0.25, 0.3) is 5.91 Å². The van der Waals surface area contributed by atoms with Crippen molar-refractivity contribution in [2.45, 2.75) is 24.4 Å². The highest BCUT2D eigenvalue weighted by Gasteiger charge is 2.47. The van der Waals surface area contributed by atoms with Gasteiger partial charge in [-0.05, 0) is 49.2 Å². The van der Waals surface area contributed by atoms with E-state index in [1.54, 1.807) is 18.3 Å². The molecule has 0 radical (unpaired) electrons. The number of anilines is 1. The van der Waals surface area contributed by atoms with Crippen molar-refractivity contribution in [1.82, 2.24) is 15.2 Å². The van der Waals surface area contributed by atoms with E-state index in [4.69, 9.17) is 5.73 Å². The maximum absolute atomic E-state index is 14.5. The Hall–Kier alpha value is -3.42. The van der Waals surface area contributed by atoms with Crippen LogP contribution in [0.5, 0.6) is 0 Å². The largest absolute Gasteiger partial charge is 0.368 e. The molecule has 2 heterocycles. The van der Waals surface area contributed by atoms with Crippen LogP contribution in [0, 0.1) is 5.82 Å². The Morgan fingerprint density at radius 2 is 1.97 bits per heavy atom. The first kappa shape index (κ1) is 18.9. The minimum atomic E-state index is -0.845. The number of rotatable bonds is 6. The predicted octanol–water partition coefficient (Wildman–Crippen LogP) is 3.26. The molecule has 8 heteroatoms. The SMILES string of the molecule is NC(=O)c1cccc(-c2ccc(NCC3(c4ccccn4)CC(F)C3)nn2)c1F. The third-order valence-electron chi connectivity index (χ3n) is 5.25. The number of carbonyl (C=O) groups excluding carboxylic acids is 1. The van der Waals surface area contributed by atoms with Gasteiger partial charge in [-0.2, -0.15) is 0 Å². The molecule has 3 N–H and O–H groups in total. The number of pyridine rings is 1. The standard InChI is InChI=1S/C21H19F2N5O/c22-13-10-21(11-13,17-6-1-2-9-25-17)12-26-18-8-7-16(27-28-18)14-4-3-5-15(19(14)23)20(24)29/h1-9,13H,10-12H2,(H2,24,29)(H,26,28). The van der Waals surface area contributed by atoms with Crippen molar-refractivity contribution in [3.05, 3.63) is 71.8 Å². The van der Waals surface area contributed by atoms with Crippen LogP contribution in [0.2, 0.25) is 0 Å². The van der Waals surface area contributed by atoms with E-state index in [2.05, 4.69) is 20.5 Å². The van der Waals surface area contributed by atoms with Crippen LogP contribution in [0.4, 0.5) is 14.6 Å². The van der Waals surface area contributed by atoms with Gasteiger partial charge in [0.15, 0.2) is 0 Å². The Morgan fingerprint density at radius 3 is 2.59 bits per heavy atom. The van der Waals surface area contributed by atoms with Crippen LogP contribution in [0.1, 0.15) is 28.9 Å². The van der Waals surface area contributed by atoms with Gasteiger partial charge in [0, 0.05) is 29.4 Å². The number of nitrogens with two attached hydrogens (primary N) is 1. The van der Waals surface area contributed by atoms with Crippen molar-refractivity contribution in [2.24, 2.45) is 5.73 Å². The molecule has 1 saturated carbocycles. The van der Waals surface area contributed by atoms with Gasteiger partial charge in [-0.1, -0.05) is 12.1 Å². The number of amides is 1. The molecular weight excluding hydrogens is 376 g/mol. The first-order valence-corrected chi connectivity index (χ1v) is 9.20. The number of hydrogen-bond acceptors (Lipinski definition) is 5. The van der Waals surface area contributed by atoms with E-state index >= 15 is 0 Å². The first-order valence-electron chi connectivity index (χ1n) is 9.20. The van der Waals surface area contributed by atoms with Crippen molar-refractivity contribution in [2.75, 3.05) is 11.9 Å². The Balaban J connectivity index is 1.51. The van der Waals surface area contributed by atoms with Crippen molar-refractivity contribution >= 4 is 11.7 Å². The zero-order valence-corrected chi connectivity index (χ0v) is 15.5. The minimum absolute atomic E-state index is 0.143. The molecule has 0 saturated heterocycles. The number of alkyl halides is 1.